The lowest BCUT2D eigenvalue weighted by Gasteiger charge is -2.12. The summed E-state index contributed by atoms with van der Waals surface area (Å²) in [6.07, 6.45) is 3.11. The summed E-state index contributed by atoms with van der Waals surface area (Å²) in [6.45, 7) is 0. The molecule has 0 aliphatic heterocycles. The fourth-order valence-electron chi connectivity index (χ4n) is 2.44. The molecule has 0 spiro atoms. The van der Waals surface area contributed by atoms with Crippen molar-refractivity contribution in [2.75, 3.05) is 26.6 Å². The number of hydrogen-bond acceptors (Lipinski definition) is 6. The highest BCUT2D eigenvalue weighted by Gasteiger charge is 2.12. The Morgan fingerprint density at radius 3 is 2.38 bits per heavy atom. The van der Waals surface area contributed by atoms with Gasteiger partial charge in [-0.05, 0) is 35.9 Å². The van der Waals surface area contributed by atoms with Crippen LogP contribution in [0.3, 0.4) is 0 Å². The minimum atomic E-state index is -0.266. The number of carbonyl (C=O) groups is 1. The molecule has 0 aliphatic rings. The normalized spacial score (nSPS) is 10.9. The summed E-state index contributed by atoms with van der Waals surface area (Å²) in [6, 6.07) is 11.3. The molecule has 0 fully saturated rings. The number of aromatic nitrogens is 1. The number of carbonyl (C=O) groups excluding carboxylic acids is 1. The molecule has 1 N–H and O–H groups in total. The van der Waals surface area contributed by atoms with Gasteiger partial charge in [-0.15, -0.1) is 0 Å². The van der Waals surface area contributed by atoms with Crippen LogP contribution < -0.4 is 19.5 Å². The zero-order valence-electron chi connectivity index (χ0n) is 14.6. The third kappa shape index (κ3) is 3.78. The van der Waals surface area contributed by atoms with Crippen LogP contribution in [0.25, 0.3) is 16.3 Å². The van der Waals surface area contributed by atoms with Crippen LogP contribution in [0.1, 0.15) is 5.56 Å². The number of fused-ring (bicyclic) bond motifs is 1. The van der Waals surface area contributed by atoms with Crippen molar-refractivity contribution < 1.29 is 19.0 Å². The van der Waals surface area contributed by atoms with Crippen LogP contribution >= 0.6 is 11.3 Å². The third-order valence-corrected chi connectivity index (χ3v) is 4.59. The van der Waals surface area contributed by atoms with Crippen LogP contribution in [-0.2, 0) is 4.79 Å². The largest absolute Gasteiger partial charge is 0.493 e. The van der Waals surface area contributed by atoms with Crippen molar-refractivity contribution in [2.24, 2.45) is 0 Å². The number of ether oxygens (including phenoxy) is 3. The Bertz CT molecular complexity index is 907. The molecule has 0 saturated heterocycles. The molecular weight excluding hydrogens is 352 g/mol. The summed E-state index contributed by atoms with van der Waals surface area (Å²) in [4.78, 5) is 16.6. The third-order valence-electron chi connectivity index (χ3n) is 3.64. The molecule has 0 radical (unpaired) electrons. The maximum Gasteiger partial charge on any atom is 0.250 e. The number of para-hydroxylation sites is 1. The van der Waals surface area contributed by atoms with Gasteiger partial charge < -0.3 is 14.2 Å². The van der Waals surface area contributed by atoms with Crippen molar-refractivity contribution >= 4 is 38.7 Å². The second-order valence-electron chi connectivity index (χ2n) is 5.27. The van der Waals surface area contributed by atoms with E-state index < -0.39 is 0 Å². The Balaban J connectivity index is 1.77. The number of nitrogens with one attached hydrogen (secondary N) is 1. The van der Waals surface area contributed by atoms with Crippen molar-refractivity contribution in [2.45, 2.75) is 0 Å². The minimum Gasteiger partial charge on any atom is -0.493 e. The van der Waals surface area contributed by atoms with E-state index in [1.54, 1.807) is 39.5 Å². The average Bonchev–Trinajstić information content (AvgIpc) is 3.07. The number of amides is 1. The molecular formula is C19H18N2O4S. The summed E-state index contributed by atoms with van der Waals surface area (Å²) in [5.74, 6) is 1.29. The maximum absolute atomic E-state index is 12.2. The van der Waals surface area contributed by atoms with E-state index in [-0.39, 0.29) is 5.91 Å². The zero-order chi connectivity index (χ0) is 18.5. The lowest BCUT2D eigenvalue weighted by molar-refractivity contribution is -0.111. The molecule has 1 aromatic heterocycles. The van der Waals surface area contributed by atoms with Crippen LogP contribution in [0.2, 0.25) is 0 Å². The SMILES string of the molecule is COc1cc(/C=C/C(=O)Nc2nc3ccccc3s2)cc(OC)c1OC. The second-order valence-corrected chi connectivity index (χ2v) is 6.30. The molecule has 0 atom stereocenters. The average molecular weight is 370 g/mol. The summed E-state index contributed by atoms with van der Waals surface area (Å²) < 4.78 is 16.9. The van der Waals surface area contributed by atoms with E-state index in [1.807, 2.05) is 24.3 Å². The van der Waals surface area contributed by atoms with Crippen LogP contribution in [0.5, 0.6) is 17.2 Å². The lowest BCUT2D eigenvalue weighted by atomic mass is 10.1. The molecule has 1 amide bonds. The quantitative estimate of drug-likeness (QED) is 0.665. The molecule has 0 bridgehead atoms. The van der Waals surface area contributed by atoms with Gasteiger partial charge in [0.1, 0.15) is 0 Å². The Morgan fingerprint density at radius 1 is 1.08 bits per heavy atom. The molecule has 0 aliphatic carbocycles. The van der Waals surface area contributed by atoms with Crippen molar-refractivity contribution in [1.29, 1.82) is 0 Å². The molecule has 134 valence electrons. The molecule has 3 aromatic rings. The molecule has 0 saturated carbocycles. The van der Waals surface area contributed by atoms with Gasteiger partial charge in [0.15, 0.2) is 16.6 Å². The summed E-state index contributed by atoms with van der Waals surface area (Å²) in [7, 11) is 4.64. The number of methoxy groups -OCH3 is 3. The van der Waals surface area contributed by atoms with Gasteiger partial charge in [-0.3, -0.25) is 10.1 Å². The van der Waals surface area contributed by atoms with E-state index in [2.05, 4.69) is 10.3 Å². The Labute approximate surface area is 155 Å². The molecule has 0 unspecified atom stereocenters. The van der Waals surface area contributed by atoms with Gasteiger partial charge in [-0.25, -0.2) is 4.98 Å². The van der Waals surface area contributed by atoms with Crippen LogP contribution in [0, 0.1) is 0 Å². The molecule has 2 aromatic carbocycles. The van der Waals surface area contributed by atoms with E-state index in [4.69, 9.17) is 14.2 Å². The van der Waals surface area contributed by atoms with E-state index in [0.717, 1.165) is 15.8 Å². The first-order chi connectivity index (χ1) is 12.6. The fourth-order valence-corrected chi connectivity index (χ4v) is 3.31. The van der Waals surface area contributed by atoms with Crippen molar-refractivity contribution in [3.63, 3.8) is 0 Å². The number of hydrogen-bond donors (Lipinski definition) is 1. The number of thiazole rings is 1. The van der Waals surface area contributed by atoms with Crippen molar-refractivity contribution in [1.82, 2.24) is 4.98 Å². The second kappa shape index (κ2) is 7.88. The molecule has 7 heteroatoms. The predicted molar refractivity (Wildman–Crippen MR) is 103 cm³/mol. The van der Waals surface area contributed by atoms with Crippen LogP contribution in [-0.4, -0.2) is 32.2 Å². The van der Waals surface area contributed by atoms with E-state index >= 15 is 0 Å². The number of benzene rings is 2. The Morgan fingerprint density at radius 2 is 1.77 bits per heavy atom. The first kappa shape index (κ1) is 17.8. The van der Waals surface area contributed by atoms with Crippen LogP contribution in [0.15, 0.2) is 42.5 Å². The highest BCUT2D eigenvalue weighted by Crippen LogP contribution is 2.38. The standard InChI is InChI=1S/C19H18N2O4S/c1-23-14-10-12(11-15(24-2)18(14)25-3)8-9-17(22)21-19-20-13-6-4-5-7-16(13)26-19/h4-11H,1-3H3,(H,20,21,22)/b9-8+. The zero-order valence-corrected chi connectivity index (χ0v) is 15.4. The Kier molecular flexibility index (Phi) is 5.38. The van der Waals surface area contributed by atoms with Crippen LogP contribution in [0.4, 0.5) is 5.13 Å². The number of anilines is 1. The molecule has 1 heterocycles. The lowest BCUT2D eigenvalue weighted by Crippen LogP contribution is -2.07. The van der Waals surface area contributed by atoms with Gasteiger partial charge >= 0.3 is 0 Å². The summed E-state index contributed by atoms with van der Waals surface area (Å²) >= 11 is 1.43. The highest BCUT2D eigenvalue weighted by molar-refractivity contribution is 7.22. The van der Waals surface area contributed by atoms with Gasteiger partial charge in [-0.2, -0.15) is 0 Å². The van der Waals surface area contributed by atoms with E-state index in [9.17, 15) is 4.79 Å². The van der Waals surface area contributed by atoms with Gasteiger partial charge in [-0.1, -0.05) is 23.5 Å². The monoisotopic (exact) mass is 370 g/mol. The fraction of sp³-hybridized carbons (Fsp3) is 0.158. The van der Waals surface area contributed by atoms with Crippen molar-refractivity contribution in [3.05, 3.63) is 48.0 Å². The summed E-state index contributed by atoms with van der Waals surface area (Å²) in [5.41, 5.74) is 1.61. The molecule has 26 heavy (non-hydrogen) atoms. The number of nitrogens with zero attached hydrogens (tertiary/aromatic N) is 1. The van der Waals surface area contributed by atoms with Gasteiger partial charge in [0.05, 0.1) is 31.5 Å². The summed E-state index contributed by atoms with van der Waals surface area (Å²) in [5, 5.41) is 3.34. The van der Waals surface area contributed by atoms with Gasteiger partial charge in [0, 0.05) is 6.08 Å². The van der Waals surface area contributed by atoms with E-state index in [1.165, 1.54) is 17.4 Å². The maximum atomic E-state index is 12.2. The molecule has 3 rings (SSSR count). The van der Waals surface area contributed by atoms with Gasteiger partial charge in [0.2, 0.25) is 11.7 Å². The topological polar surface area (TPSA) is 69.7 Å². The Hall–Kier alpha value is -3.06. The van der Waals surface area contributed by atoms with Crippen molar-refractivity contribution in [3.8, 4) is 17.2 Å². The number of rotatable bonds is 6. The first-order valence-electron chi connectivity index (χ1n) is 7.79. The highest BCUT2D eigenvalue weighted by atomic mass is 32.1. The first-order valence-corrected chi connectivity index (χ1v) is 8.61. The smallest absolute Gasteiger partial charge is 0.250 e. The van der Waals surface area contributed by atoms with E-state index in [0.29, 0.717) is 22.4 Å². The minimum absolute atomic E-state index is 0.266. The predicted octanol–water partition coefficient (Wildman–Crippen LogP) is 3.97. The molecule has 6 nitrogen and oxygen atoms in total. The van der Waals surface area contributed by atoms with Gasteiger partial charge in [0.25, 0.3) is 0 Å².